The van der Waals surface area contributed by atoms with Gasteiger partial charge in [0.15, 0.2) is 0 Å². The number of aliphatic hydroxyl groups excluding tert-OH is 1. The van der Waals surface area contributed by atoms with E-state index in [1.807, 2.05) is 0 Å². The van der Waals surface area contributed by atoms with E-state index in [1.165, 1.54) is 30.5 Å². The molecule has 21 heavy (non-hydrogen) atoms. The third-order valence-electron chi connectivity index (χ3n) is 2.58. The molecule has 1 aromatic heterocycles. The molecule has 0 aliphatic rings. The molecule has 2 amide bonds. The Morgan fingerprint density at radius 1 is 1.24 bits per heavy atom. The number of hydrogen-bond acceptors (Lipinski definition) is 4. The summed E-state index contributed by atoms with van der Waals surface area (Å²) in [5, 5.41) is 19.8. The molecule has 4 N–H and O–H groups in total. The smallest absolute Gasteiger partial charge is 0.275 e. The van der Waals surface area contributed by atoms with E-state index in [9.17, 15) is 14.0 Å². The molecule has 7 nitrogen and oxygen atoms in total. The lowest BCUT2D eigenvalue weighted by Crippen LogP contribution is -2.18. The third-order valence-corrected chi connectivity index (χ3v) is 2.58. The number of aliphatic hydroxyl groups is 1. The fourth-order valence-electron chi connectivity index (χ4n) is 1.60. The first-order valence-electron chi connectivity index (χ1n) is 6.11. The van der Waals surface area contributed by atoms with Gasteiger partial charge in [0.1, 0.15) is 11.5 Å². The monoisotopic (exact) mass is 292 g/mol. The molecule has 0 spiro atoms. The minimum atomic E-state index is -0.529. The van der Waals surface area contributed by atoms with Crippen molar-refractivity contribution in [2.24, 2.45) is 0 Å². The second-order valence-electron chi connectivity index (χ2n) is 4.14. The van der Waals surface area contributed by atoms with E-state index in [-0.39, 0.29) is 24.4 Å². The van der Waals surface area contributed by atoms with E-state index in [4.69, 9.17) is 5.11 Å². The van der Waals surface area contributed by atoms with E-state index < -0.39 is 17.6 Å². The standard InChI is InChI=1S/C13H13FN4O3/c14-8-1-3-9(4-2-8)16-13(21)12-10(7-15-18-12)17-11(20)5-6-19/h1-4,7,19H,5-6H2,(H,15,18)(H,16,21)(H,17,20). The number of aromatic nitrogens is 2. The van der Waals surface area contributed by atoms with E-state index in [0.29, 0.717) is 5.69 Å². The lowest BCUT2D eigenvalue weighted by atomic mass is 10.3. The predicted molar refractivity (Wildman–Crippen MR) is 73.3 cm³/mol. The molecule has 2 aromatic rings. The van der Waals surface area contributed by atoms with Crippen LogP contribution in [0, 0.1) is 5.82 Å². The Morgan fingerprint density at radius 2 is 1.95 bits per heavy atom. The topological polar surface area (TPSA) is 107 Å². The third kappa shape index (κ3) is 3.86. The summed E-state index contributed by atoms with van der Waals surface area (Å²) in [5.41, 5.74) is 0.669. The van der Waals surface area contributed by atoms with Crippen molar-refractivity contribution in [1.29, 1.82) is 0 Å². The fraction of sp³-hybridized carbons (Fsp3) is 0.154. The summed E-state index contributed by atoms with van der Waals surface area (Å²) in [5.74, 6) is -1.38. The van der Waals surface area contributed by atoms with E-state index >= 15 is 0 Å². The van der Waals surface area contributed by atoms with Crippen LogP contribution in [0.4, 0.5) is 15.8 Å². The Hall–Kier alpha value is -2.74. The summed E-state index contributed by atoms with van der Waals surface area (Å²) in [6.07, 6.45) is 1.21. The maximum Gasteiger partial charge on any atom is 0.275 e. The number of nitrogens with one attached hydrogen (secondary N) is 3. The van der Waals surface area contributed by atoms with Gasteiger partial charge in [-0.2, -0.15) is 5.10 Å². The zero-order valence-electron chi connectivity index (χ0n) is 10.9. The summed E-state index contributed by atoms with van der Waals surface area (Å²) >= 11 is 0. The van der Waals surface area contributed by atoms with Crippen molar-refractivity contribution in [3.05, 3.63) is 42.0 Å². The van der Waals surface area contributed by atoms with Gasteiger partial charge in [-0.3, -0.25) is 14.7 Å². The Bertz CT molecular complexity index is 639. The van der Waals surface area contributed by atoms with Crippen molar-refractivity contribution in [1.82, 2.24) is 10.2 Å². The normalized spacial score (nSPS) is 10.2. The van der Waals surface area contributed by atoms with Crippen LogP contribution >= 0.6 is 0 Å². The van der Waals surface area contributed by atoms with Gasteiger partial charge < -0.3 is 15.7 Å². The van der Waals surface area contributed by atoms with Crippen molar-refractivity contribution in [2.45, 2.75) is 6.42 Å². The molecule has 0 aliphatic carbocycles. The number of benzene rings is 1. The number of H-pyrrole nitrogens is 1. The number of anilines is 2. The second kappa shape index (κ2) is 6.62. The molecule has 1 aromatic carbocycles. The maximum atomic E-state index is 12.8. The van der Waals surface area contributed by atoms with Gasteiger partial charge in [-0.25, -0.2) is 4.39 Å². The molecule has 0 aliphatic heterocycles. The molecular weight excluding hydrogens is 279 g/mol. The quantitative estimate of drug-likeness (QED) is 0.662. The van der Waals surface area contributed by atoms with Crippen molar-refractivity contribution in [3.63, 3.8) is 0 Å². The highest BCUT2D eigenvalue weighted by Crippen LogP contribution is 2.15. The van der Waals surface area contributed by atoms with Gasteiger partial charge in [0, 0.05) is 5.69 Å². The predicted octanol–water partition coefficient (Wildman–Crippen LogP) is 1.12. The molecule has 1 heterocycles. The number of aromatic amines is 1. The largest absolute Gasteiger partial charge is 0.396 e. The maximum absolute atomic E-state index is 12.8. The molecule has 0 atom stereocenters. The molecule has 0 unspecified atom stereocenters. The zero-order chi connectivity index (χ0) is 15.2. The molecule has 0 bridgehead atoms. The first kappa shape index (κ1) is 14.7. The van der Waals surface area contributed by atoms with Crippen LogP contribution in [0.15, 0.2) is 30.5 Å². The Balaban J connectivity index is 2.07. The minimum absolute atomic E-state index is 0.0608. The molecule has 0 saturated heterocycles. The van der Waals surface area contributed by atoms with Gasteiger partial charge in [-0.15, -0.1) is 0 Å². The Kier molecular flexibility index (Phi) is 4.62. The number of carbonyl (C=O) groups is 2. The Labute approximate surface area is 119 Å². The summed E-state index contributed by atoms with van der Waals surface area (Å²) in [4.78, 5) is 23.4. The number of amides is 2. The number of halogens is 1. The average molecular weight is 292 g/mol. The van der Waals surface area contributed by atoms with Crippen LogP contribution in [-0.4, -0.2) is 33.7 Å². The minimum Gasteiger partial charge on any atom is -0.396 e. The van der Waals surface area contributed by atoms with Crippen molar-refractivity contribution in [3.8, 4) is 0 Å². The van der Waals surface area contributed by atoms with Crippen LogP contribution in [0.3, 0.4) is 0 Å². The van der Waals surface area contributed by atoms with Gasteiger partial charge in [0.25, 0.3) is 5.91 Å². The molecular formula is C13H13FN4O3. The highest BCUT2D eigenvalue weighted by molar-refractivity contribution is 6.08. The average Bonchev–Trinajstić information content (AvgIpc) is 2.89. The molecule has 2 rings (SSSR count). The summed E-state index contributed by atoms with van der Waals surface area (Å²) in [7, 11) is 0. The van der Waals surface area contributed by atoms with E-state index in [1.54, 1.807) is 0 Å². The zero-order valence-corrected chi connectivity index (χ0v) is 10.9. The lowest BCUT2D eigenvalue weighted by molar-refractivity contribution is -0.116. The van der Waals surface area contributed by atoms with E-state index in [2.05, 4.69) is 20.8 Å². The molecule has 0 radical (unpaired) electrons. The van der Waals surface area contributed by atoms with Crippen LogP contribution in [0.2, 0.25) is 0 Å². The number of nitrogens with zero attached hydrogens (tertiary/aromatic N) is 1. The fourth-order valence-corrected chi connectivity index (χ4v) is 1.60. The van der Waals surface area contributed by atoms with Crippen LogP contribution in [0.5, 0.6) is 0 Å². The SMILES string of the molecule is O=C(CCO)Nc1cn[nH]c1C(=O)Nc1ccc(F)cc1. The van der Waals surface area contributed by atoms with Crippen LogP contribution in [0.25, 0.3) is 0 Å². The van der Waals surface area contributed by atoms with Crippen LogP contribution in [-0.2, 0) is 4.79 Å². The van der Waals surface area contributed by atoms with Crippen LogP contribution < -0.4 is 10.6 Å². The van der Waals surface area contributed by atoms with Gasteiger partial charge in [0.2, 0.25) is 5.91 Å². The van der Waals surface area contributed by atoms with E-state index in [0.717, 1.165) is 0 Å². The van der Waals surface area contributed by atoms with Crippen molar-refractivity contribution >= 4 is 23.2 Å². The Morgan fingerprint density at radius 3 is 2.62 bits per heavy atom. The second-order valence-corrected chi connectivity index (χ2v) is 4.14. The van der Waals surface area contributed by atoms with Gasteiger partial charge in [-0.05, 0) is 24.3 Å². The molecule has 110 valence electrons. The highest BCUT2D eigenvalue weighted by atomic mass is 19.1. The number of hydrogen-bond donors (Lipinski definition) is 4. The summed E-state index contributed by atoms with van der Waals surface area (Å²) in [6.45, 7) is -0.291. The number of carbonyl (C=O) groups excluding carboxylic acids is 2. The van der Waals surface area contributed by atoms with Gasteiger partial charge in [0.05, 0.1) is 24.9 Å². The first-order valence-corrected chi connectivity index (χ1v) is 6.11. The highest BCUT2D eigenvalue weighted by Gasteiger charge is 2.16. The van der Waals surface area contributed by atoms with Crippen molar-refractivity contribution in [2.75, 3.05) is 17.2 Å². The van der Waals surface area contributed by atoms with Crippen molar-refractivity contribution < 1.29 is 19.1 Å². The molecule has 0 saturated carbocycles. The summed E-state index contributed by atoms with van der Waals surface area (Å²) in [6, 6.07) is 5.25. The summed E-state index contributed by atoms with van der Waals surface area (Å²) < 4.78 is 12.8. The molecule has 0 fully saturated rings. The van der Waals surface area contributed by atoms with Gasteiger partial charge >= 0.3 is 0 Å². The first-order chi connectivity index (χ1) is 10.1. The number of rotatable bonds is 5. The lowest BCUT2D eigenvalue weighted by Gasteiger charge is -2.06. The van der Waals surface area contributed by atoms with Gasteiger partial charge in [-0.1, -0.05) is 0 Å². The molecule has 8 heteroatoms. The van der Waals surface area contributed by atoms with Crippen LogP contribution in [0.1, 0.15) is 16.9 Å².